The average Bonchev–Trinajstić information content (AvgIpc) is 3.06. The van der Waals surface area contributed by atoms with E-state index in [1.54, 1.807) is 7.11 Å². The predicted molar refractivity (Wildman–Crippen MR) is 106 cm³/mol. The number of rotatable bonds is 6. The highest BCUT2D eigenvalue weighted by molar-refractivity contribution is 8.00. The number of hydrogen-bond acceptors (Lipinski definition) is 6. The molecule has 0 aromatic carbocycles. The van der Waals surface area contributed by atoms with Gasteiger partial charge in [0.1, 0.15) is 5.50 Å². The second-order valence-corrected chi connectivity index (χ2v) is 9.69. The van der Waals surface area contributed by atoms with Crippen LogP contribution in [0.15, 0.2) is 0 Å². The van der Waals surface area contributed by atoms with Crippen LogP contribution >= 0.6 is 11.8 Å². The summed E-state index contributed by atoms with van der Waals surface area (Å²) in [5, 5.41) is 3.95. The zero-order chi connectivity index (χ0) is 18.5. The lowest BCUT2D eigenvalue weighted by Crippen LogP contribution is -2.46. The SMILES string of the molecule is COC1CCCCC1C(=O)NC1CCCC(C(C)SC2NNCN2C)C1. The fourth-order valence-electron chi connectivity index (χ4n) is 4.68. The first-order chi connectivity index (χ1) is 12.6. The Hall–Kier alpha value is -0.340. The zero-order valence-electron chi connectivity index (χ0n) is 16.5. The van der Waals surface area contributed by atoms with Crippen LogP contribution in [-0.2, 0) is 9.53 Å². The molecule has 1 amide bonds. The third-order valence-electron chi connectivity index (χ3n) is 6.36. The molecular formula is C19H36N4O2S. The normalized spacial score (nSPS) is 37.4. The number of thioether (sulfide) groups is 1. The highest BCUT2D eigenvalue weighted by Crippen LogP contribution is 2.35. The predicted octanol–water partition coefficient (Wildman–Crippen LogP) is 2.27. The average molecular weight is 385 g/mol. The van der Waals surface area contributed by atoms with Crippen LogP contribution in [-0.4, -0.2) is 54.5 Å². The second kappa shape index (κ2) is 9.73. The van der Waals surface area contributed by atoms with Gasteiger partial charge in [-0.3, -0.25) is 9.69 Å². The van der Waals surface area contributed by atoms with Crippen molar-refractivity contribution < 1.29 is 9.53 Å². The summed E-state index contributed by atoms with van der Waals surface area (Å²) in [7, 11) is 3.88. The van der Waals surface area contributed by atoms with Crippen molar-refractivity contribution in [2.45, 2.75) is 81.2 Å². The first kappa shape index (κ1) is 20.4. The van der Waals surface area contributed by atoms with Gasteiger partial charge in [0.25, 0.3) is 0 Å². The largest absolute Gasteiger partial charge is 0.381 e. The van der Waals surface area contributed by atoms with Gasteiger partial charge in [0.15, 0.2) is 0 Å². The summed E-state index contributed by atoms with van der Waals surface area (Å²) in [4.78, 5) is 15.1. The summed E-state index contributed by atoms with van der Waals surface area (Å²) in [6, 6.07) is 0.330. The number of carbonyl (C=O) groups is 1. The topological polar surface area (TPSA) is 65.6 Å². The molecule has 2 aliphatic carbocycles. The molecule has 6 unspecified atom stereocenters. The van der Waals surface area contributed by atoms with E-state index >= 15 is 0 Å². The number of ether oxygens (including phenoxy) is 1. The maximum absolute atomic E-state index is 12.8. The number of carbonyl (C=O) groups excluding carboxylic acids is 1. The molecule has 26 heavy (non-hydrogen) atoms. The molecule has 0 radical (unpaired) electrons. The van der Waals surface area contributed by atoms with E-state index in [1.165, 1.54) is 19.3 Å². The molecule has 1 aliphatic heterocycles. The molecule has 2 saturated carbocycles. The molecule has 1 heterocycles. The van der Waals surface area contributed by atoms with E-state index in [0.29, 0.717) is 22.7 Å². The van der Waals surface area contributed by atoms with Gasteiger partial charge in [-0.2, -0.15) is 0 Å². The standard InChI is InChI=1S/C19H36N4O2S/c1-13(26-19-22-20-12-23(19)2)14-7-6-8-15(11-14)21-18(24)16-9-4-5-10-17(16)25-3/h13-17,19-20,22H,4-12H2,1-3H3,(H,21,24). The van der Waals surface area contributed by atoms with Crippen LogP contribution in [0.1, 0.15) is 58.3 Å². The Labute approximate surface area is 162 Å². The van der Waals surface area contributed by atoms with Crippen molar-refractivity contribution in [3.63, 3.8) is 0 Å². The molecule has 6 nitrogen and oxygen atoms in total. The Morgan fingerprint density at radius 3 is 2.77 bits per heavy atom. The molecule has 3 N–H and O–H groups in total. The monoisotopic (exact) mass is 384 g/mol. The highest BCUT2D eigenvalue weighted by Gasteiger charge is 2.34. The van der Waals surface area contributed by atoms with Crippen LogP contribution < -0.4 is 16.2 Å². The molecule has 0 aromatic heterocycles. The molecule has 7 heteroatoms. The van der Waals surface area contributed by atoms with Gasteiger partial charge in [-0.05, 0) is 45.1 Å². The summed E-state index contributed by atoms with van der Waals surface area (Å²) < 4.78 is 5.58. The van der Waals surface area contributed by atoms with Crippen LogP contribution in [0.2, 0.25) is 0 Å². The Bertz CT molecular complexity index is 467. The minimum Gasteiger partial charge on any atom is -0.381 e. The van der Waals surface area contributed by atoms with E-state index in [2.05, 4.69) is 35.0 Å². The van der Waals surface area contributed by atoms with Crippen LogP contribution in [0.25, 0.3) is 0 Å². The molecule has 0 aromatic rings. The number of hydrazine groups is 1. The third-order valence-corrected chi connectivity index (χ3v) is 7.91. The lowest BCUT2D eigenvalue weighted by Gasteiger charge is -2.36. The van der Waals surface area contributed by atoms with Gasteiger partial charge in [-0.15, -0.1) is 11.8 Å². The molecule has 0 bridgehead atoms. The van der Waals surface area contributed by atoms with Gasteiger partial charge in [0.2, 0.25) is 5.91 Å². The minimum absolute atomic E-state index is 0.0448. The van der Waals surface area contributed by atoms with Gasteiger partial charge in [0.05, 0.1) is 18.7 Å². The minimum atomic E-state index is 0.0448. The summed E-state index contributed by atoms with van der Waals surface area (Å²) >= 11 is 1.99. The first-order valence-electron chi connectivity index (χ1n) is 10.3. The molecule has 1 saturated heterocycles. The number of nitrogens with zero attached hydrogens (tertiary/aromatic N) is 1. The Kier molecular flexibility index (Phi) is 7.64. The molecule has 3 fully saturated rings. The Morgan fingerprint density at radius 1 is 1.23 bits per heavy atom. The first-order valence-corrected chi connectivity index (χ1v) is 11.2. The van der Waals surface area contributed by atoms with Crippen molar-refractivity contribution in [3.05, 3.63) is 0 Å². The van der Waals surface area contributed by atoms with Gasteiger partial charge in [-0.25, -0.2) is 10.9 Å². The number of nitrogens with one attached hydrogen (secondary N) is 3. The Balaban J connectivity index is 1.49. The number of amides is 1. The van der Waals surface area contributed by atoms with Crippen LogP contribution in [0.4, 0.5) is 0 Å². The molecule has 6 atom stereocenters. The van der Waals surface area contributed by atoms with E-state index in [-0.39, 0.29) is 17.9 Å². The van der Waals surface area contributed by atoms with Crippen molar-refractivity contribution in [3.8, 4) is 0 Å². The van der Waals surface area contributed by atoms with Gasteiger partial charge >= 0.3 is 0 Å². The third kappa shape index (κ3) is 5.13. The maximum Gasteiger partial charge on any atom is 0.225 e. The van der Waals surface area contributed by atoms with Crippen molar-refractivity contribution in [1.29, 1.82) is 0 Å². The molecule has 0 spiro atoms. The van der Waals surface area contributed by atoms with Crippen molar-refractivity contribution >= 4 is 17.7 Å². The van der Waals surface area contributed by atoms with E-state index in [0.717, 1.165) is 38.8 Å². The molecule has 150 valence electrons. The van der Waals surface area contributed by atoms with Crippen LogP contribution in [0, 0.1) is 11.8 Å². The van der Waals surface area contributed by atoms with Gasteiger partial charge in [0, 0.05) is 18.4 Å². The number of hydrogen-bond donors (Lipinski definition) is 3. The van der Waals surface area contributed by atoms with Crippen molar-refractivity contribution in [1.82, 2.24) is 21.1 Å². The fraction of sp³-hybridized carbons (Fsp3) is 0.947. The van der Waals surface area contributed by atoms with E-state index in [1.807, 2.05) is 11.8 Å². The van der Waals surface area contributed by atoms with Gasteiger partial charge < -0.3 is 10.1 Å². The highest BCUT2D eigenvalue weighted by atomic mass is 32.2. The zero-order valence-corrected chi connectivity index (χ0v) is 17.3. The van der Waals surface area contributed by atoms with Crippen molar-refractivity contribution in [2.75, 3.05) is 20.8 Å². The second-order valence-electron chi connectivity index (χ2n) is 8.23. The lowest BCUT2D eigenvalue weighted by molar-refractivity contribution is -0.132. The summed E-state index contributed by atoms with van der Waals surface area (Å²) in [5.41, 5.74) is 6.86. The molecule has 3 aliphatic rings. The number of methoxy groups -OCH3 is 1. The molecular weight excluding hydrogens is 348 g/mol. The van der Waals surface area contributed by atoms with E-state index < -0.39 is 0 Å². The lowest BCUT2D eigenvalue weighted by atomic mass is 9.82. The quantitative estimate of drug-likeness (QED) is 0.653. The van der Waals surface area contributed by atoms with Gasteiger partial charge in [-0.1, -0.05) is 26.2 Å². The van der Waals surface area contributed by atoms with Crippen LogP contribution in [0.5, 0.6) is 0 Å². The summed E-state index contributed by atoms with van der Waals surface area (Å²) in [6.45, 7) is 3.23. The summed E-state index contributed by atoms with van der Waals surface area (Å²) in [5.74, 6) is 0.937. The Morgan fingerprint density at radius 2 is 2.04 bits per heavy atom. The fourth-order valence-corrected chi connectivity index (χ4v) is 5.99. The maximum atomic E-state index is 12.8. The van der Waals surface area contributed by atoms with Crippen molar-refractivity contribution in [2.24, 2.45) is 11.8 Å². The van der Waals surface area contributed by atoms with E-state index in [4.69, 9.17) is 4.74 Å². The van der Waals surface area contributed by atoms with E-state index in [9.17, 15) is 4.79 Å². The molecule has 3 rings (SSSR count). The smallest absolute Gasteiger partial charge is 0.225 e. The van der Waals surface area contributed by atoms with Crippen LogP contribution in [0.3, 0.4) is 0 Å². The summed E-state index contributed by atoms with van der Waals surface area (Å²) in [6.07, 6.45) is 9.14.